The molecule has 0 atom stereocenters. The number of cyclic esters (lactones) is 1. The molecular formula is C19H16ClN3O3. The minimum atomic E-state index is -0.371. The van der Waals surface area contributed by atoms with E-state index < -0.39 is 0 Å². The molecule has 2 aromatic carbocycles. The van der Waals surface area contributed by atoms with E-state index in [1.807, 2.05) is 41.1 Å². The Morgan fingerprint density at radius 1 is 1.19 bits per heavy atom. The van der Waals surface area contributed by atoms with Crippen molar-refractivity contribution < 1.29 is 14.3 Å². The average molecular weight is 370 g/mol. The summed E-state index contributed by atoms with van der Waals surface area (Å²) >= 11 is 6.05. The molecule has 0 saturated carbocycles. The van der Waals surface area contributed by atoms with E-state index in [1.54, 1.807) is 18.2 Å². The van der Waals surface area contributed by atoms with Gasteiger partial charge in [-0.3, -0.25) is 9.69 Å². The van der Waals surface area contributed by atoms with Crippen LogP contribution in [0.5, 0.6) is 0 Å². The molecule has 0 radical (unpaired) electrons. The highest BCUT2D eigenvalue weighted by Crippen LogP contribution is 2.23. The van der Waals surface area contributed by atoms with Crippen LogP contribution >= 0.6 is 11.6 Å². The maximum Gasteiger partial charge on any atom is 0.414 e. The maximum absolute atomic E-state index is 12.4. The van der Waals surface area contributed by atoms with Gasteiger partial charge in [-0.1, -0.05) is 23.7 Å². The highest BCUT2D eigenvalue weighted by Gasteiger charge is 2.23. The van der Waals surface area contributed by atoms with Crippen LogP contribution in [0.1, 0.15) is 0 Å². The molecule has 7 heteroatoms. The SMILES string of the molecule is O=C(Cn1ccc2ccc(Cl)cc21)Nc1cccc(N2CCOC2=O)c1. The first-order valence-corrected chi connectivity index (χ1v) is 8.56. The second kappa shape index (κ2) is 6.72. The van der Waals surface area contributed by atoms with Crippen LogP contribution in [0.25, 0.3) is 10.9 Å². The van der Waals surface area contributed by atoms with Crippen LogP contribution in [-0.4, -0.2) is 29.7 Å². The molecule has 1 N–H and O–H groups in total. The van der Waals surface area contributed by atoms with Gasteiger partial charge in [-0.05, 0) is 41.8 Å². The van der Waals surface area contributed by atoms with Crippen molar-refractivity contribution in [1.82, 2.24) is 4.57 Å². The van der Waals surface area contributed by atoms with Gasteiger partial charge in [0.2, 0.25) is 5.91 Å². The molecule has 0 unspecified atom stereocenters. The highest BCUT2D eigenvalue weighted by atomic mass is 35.5. The number of ether oxygens (including phenoxy) is 1. The zero-order valence-electron chi connectivity index (χ0n) is 13.8. The standard InChI is InChI=1S/C19H16ClN3O3/c20-14-5-4-13-6-7-22(17(13)10-14)12-18(24)21-15-2-1-3-16(11-15)23-8-9-26-19(23)25/h1-7,10-11H,8-9,12H2,(H,21,24). The first-order chi connectivity index (χ1) is 12.6. The Labute approximate surface area is 154 Å². The number of carbonyl (C=O) groups is 2. The molecule has 2 amide bonds. The van der Waals surface area contributed by atoms with E-state index in [0.717, 1.165) is 10.9 Å². The normalized spacial score (nSPS) is 13.9. The van der Waals surface area contributed by atoms with Crippen molar-refractivity contribution >= 4 is 45.9 Å². The van der Waals surface area contributed by atoms with Gasteiger partial charge in [0.05, 0.1) is 6.54 Å². The van der Waals surface area contributed by atoms with Gasteiger partial charge in [0.25, 0.3) is 0 Å². The van der Waals surface area contributed by atoms with E-state index in [1.165, 1.54) is 4.90 Å². The number of rotatable bonds is 4. The van der Waals surface area contributed by atoms with Crippen LogP contribution < -0.4 is 10.2 Å². The molecule has 1 aliphatic heterocycles. The van der Waals surface area contributed by atoms with Crippen LogP contribution in [-0.2, 0) is 16.1 Å². The second-order valence-corrected chi connectivity index (χ2v) is 6.45. The quantitative estimate of drug-likeness (QED) is 0.758. The lowest BCUT2D eigenvalue weighted by molar-refractivity contribution is -0.116. The number of fused-ring (bicyclic) bond motifs is 1. The van der Waals surface area contributed by atoms with Gasteiger partial charge in [0.15, 0.2) is 0 Å². The molecule has 2 heterocycles. The molecule has 0 aliphatic carbocycles. The van der Waals surface area contributed by atoms with Gasteiger partial charge in [0, 0.05) is 28.1 Å². The third-order valence-electron chi connectivity index (χ3n) is 4.25. The summed E-state index contributed by atoms with van der Waals surface area (Å²) in [5.41, 5.74) is 2.23. The third-order valence-corrected chi connectivity index (χ3v) is 4.49. The predicted molar refractivity (Wildman–Crippen MR) is 101 cm³/mol. The Morgan fingerprint density at radius 2 is 2.08 bits per heavy atom. The number of nitrogens with zero attached hydrogens (tertiary/aromatic N) is 2. The van der Waals surface area contributed by atoms with E-state index in [2.05, 4.69) is 5.32 Å². The summed E-state index contributed by atoms with van der Waals surface area (Å²) in [7, 11) is 0. The molecule has 0 spiro atoms. The minimum Gasteiger partial charge on any atom is -0.447 e. The lowest BCUT2D eigenvalue weighted by Gasteiger charge is -2.14. The summed E-state index contributed by atoms with van der Waals surface area (Å²) < 4.78 is 6.79. The molecule has 1 saturated heterocycles. The van der Waals surface area contributed by atoms with E-state index in [-0.39, 0.29) is 18.5 Å². The van der Waals surface area contributed by atoms with Crippen molar-refractivity contribution in [2.24, 2.45) is 0 Å². The summed E-state index contributed by atoms with van der Waals surface area (Å²) in [6.45, 7) is 1.05. The summed E-state index contributed by atoms with van der Waals surface area (Å²) in [5.74, 6) is -0.163. The Bertz CT molecular complexity index is 999. The van der Waals surface area contributed by atoms with Gasteiger partial charge in [-0.2, -0.15) is 0 Å². The smallest absolute Gasteiger partial charge is 0.414 e. The fourth-order valence-corrected chi connectivity index (χ4v) is 3.20. The zero-order valence-corrected chi connectivity index (χ0v) is 14.6. The fourth-order valence-electron chi connectivity index (χ4n) is 3.03. The third kappa shape index (κ3) is 3.23. The van der Waals surface area contributed by atoms with Crippen molar-refractivity contribution in [3.8, 4) is 0 Å². The monoisotopic (exact) mass is 369 g/mol. The molecule has 0 bridgehead atoms. The molecule has 4 rings (SSSR count). The minimum absolute atomic E-state index is 0.163. The van der Waals surface area contributed by atoms with Crippen LogP contribution in [0.3, 0.4) is 0 Å². The molecule has 1 aromatic heterocycles. The Balaban J connectivity index is 1.49. The predicted octanol–water partition coefficient (Wildman–Crippen LogP) is 3.89. The van der Waals surface area contributed by atoms with Crippen LogP contribution in [0.2, 0.25) is 5.02 Å². The van der Waals surface area contributed by atoms with Crippen molar-refractivity contribution in [3.63, 3.8) is 0 Å². The van der Waals surface area contributed by atoms with Gasteiger partial charge >= 0.3 is 6.09 Å². The Hall–Kier alpha value is -2.99. The van der Waals surface area contributed by atoms with E-state index in [9.17, 15) is 9.59 Å². The van der Waals surface area contributed by atoms with E-state index in [0.29, 0.717) is 29.5 Å². The molecule has 1 aliphatic rings. The fraction of sp³-hybridized carbons (Fsp3) is 0.158. The number of nitrogens with one attached hydrogen (secondary N) is 1. The van der Waals surface area contributed by atoms with Crippen molar-refractivity contribution in [2.45, 2.75) is 6.54 Å². The number of carbonyl (C=O) groups excluding carboxylic acids is 2. The van der Waals surface area contributed by atoms with Crippen LogP contribution in [0.15, 0.2) is 54.7 Å². The Morgan fingerprint density at radius 3 is 2.88 bits per heavy atom. The Kier molecular flexibility index (Phi) is 4.26. The first kappa shape index (κ1) is 16.5. The van der Waals surface area contributed by atoms with Crippen molar-refractivity contribution in [3.05, 3.63) is 59.8 Å². The number of benzene rings is 2. The zero-order chi connectivity index (χ0) is 18.1. The lowest BCUT2D eigenvalue weighted by atomic mass is 10.2. The number of aromatic nitrogens is 1. The maximum atomic E-state index is 12.4. The number of hydrogen-bond donors (Lipinski definition) is 1. The summed E-state index contributed by atoms with van der Waals surface area (Å²) in [5, 5.41) is 4.52. The summed E-state index contributed by atoms with van der Waals surface area (Å²) in [6.07, 6.45) is 1.49. The molecule has 26 heavy (non-hydrogen) atoms. The lowest BCUT2D eigenvalue weighted by Crippen LogP contribution is -2.23. The van der Waals surface area contributed by atoms with Crippen LogP contribution in [0, 0.1) is 0 Å². The van der Waals surface area contributed by atoms with Gasteiger partial charge < -0.3 is 14.6 Å². The number of anilines is 2. The molecule has 132 valence electrons. The number of hydrogen-bond acceptors (Lipinski definition) is 3. The van der Waals surface area contributed by atoms with Crippen molar-refractivity contribution in [2.75, 3.05) is 23.4 Å². The van der Waals surface area contributed by atoms with Gasteiger partial charge in [-0.15, -0.1) is 0 Å². The molecular weight excluding hydrogens is 354 g/mol. The number of amides is 2. The molecule has 3 aromatic rings. The first-order valence-electron chi connectivity index (χ1n) is 8.19. The van der Waals surface area contributed by atoms with Gasteiger partial charge in [0.1, 0.15) is 13.2 Å². The van der Waals surface area contributed by atoms with Crippen LogP contribution in [0.4, 0.5) is 16.2 Å². The largest absolute Gasteiger partial charge is 0.447 e. The summed E-state index contributed by atoms with van der Waals surface area (Å²) in [6, 6.07) is 14.7. The van der Waals surface area contributed by atoms with Crippen molar-refractivity contribution in [1.29, 1.82) is 0 Å². The number of halogens is 1. The summed E-state index contributed by atoms with van der Waals surface area (Å²) in [4.78, 5) is 25.6. The topological polar surface area (TPSA) is 63.6 Å². The molecule has 6 nitrogen and oxygen atoms in total. The second-order valence-electron chi connectivity index (χ2n) is 6.01. The van der Waals surface area contributed by atoms with E-state index >= 15 is 0 Å². The molecule has 1 fully saturated rings. The van der Waals surface area contributed by atoms with E-state index in [4.69, 9.17) is 16.3 Å². The highest BCUT2D eigenvalue weighted by molar-refractivity contribution is 6.31. The average Bonchev–Trinajstić information content (AvgIpc) is 3.21. The van der Waals surface area contributed by atoms with Gasteiger partial charge in [-0.25, -0.2) is 4.79 Å².